The molecule has 0 aliphatic carbocycles. The van der Waals surface area contributed by atoms with Crippen molar-refractivity contribution in [1.82, 2.24) is 14.7 Å². The molecule has 0 amide bonds. The minimum atomic E-state index is -4.55. The average Bonchev–Trinajstić information content (AvgIpc) is 3.35. The van der Waals surface area contributed by atoms with E-state index in [1.165, 1.54) is 0 Å². The number of anilines is 1. The summed E-state index contributed by atoms with van der Waals surface area (Å²) >= 11 is 0. The molecule has 1 N–H and O–H groups in total. The molecule has 2 aliphatic rings. The first-order valence-electron chi connectivity index (χ1n) is 10.2. The SMILES string of the molecule is C[C@H]1CCN([C@H]2COc3ccccc3[C@@H]2Nc2cccc3nn(C(F)(F)F)cc23)C1. The Bertz CT molecular complexity index is 1060. The number of aromatic nitrogens is 2. The van der Waals surface area contributed by atoms with Crippen LogP contribution in [0.2, 0.25) is 0 Å². The Balaban J connectivity index is 1.54. The molecule has 0 radical (unpaired) electrons. The first kappa shape index (κ1) is 19.2. The number of halogens is 3. The highest BCUT2D eigenvalue weighted by Gasteiger charge is 2.38. The van der Waals surface area contributed by atoms with E-state index in [0.29, 0.717) is 29.1 Å². The molecule has 158 valence electrons. The highest BCUT2D eigenvalue weighted by molar-refractivity contribution is 5.91. The predicted octanol–water partition coefficient (Wildman–Crippen LogP) is 4.77. The van der Waals surface area contributed by atoms with Crippen molar-refractivity contribution >= 4 is 16.6 Å². The number of rotatable bonds is 3. The Morgan fingerprint density at radius 3 is 2.73 bits per heavy atom. The summed E-state index contributed by atoms with van der Waals surface area (Å²) in [7, 11) is 0. The molecular formula is C22H23F3N4O. The summed E-state index contributed by atoms with van der Waals surface area (Å²) in [6.07, 6.45) is -2.36. The van der Waals surface area contributed by atoms with Gasteiger partial charge in [-0.1, -0.05) is 31.2 Å². The van der Waals surface area contributed by atoms with Gasteiger partial charge in [0.15, 0.2) is 0 Å². The molecular weight excluding hydrogens is 393 g/mol. The molecule has 0 unspecified atom stereocenters. The quantitative estimate of drug-likeness (QED) is 0.668. The molecule has 3 heterocycles. The lowest BCUT2D eigenvalue weighted by Crippen LogP contribution is -2.47. The van der Waals surface area contributed by atoms with Crippen LogP contribution in [0.15, 0.2) is 48.7 Å². The Labute approximate surface area is 172 Å². The Kier molecular flexibility index (Phi) is 4.61. The van der Waals surface area contributed by atoms with E-state index in [4.69, 9.17) is 4.74 Å². The van der Waals surface area contributed by atoms with Gasteiger partial charge in [0.05, 0.1) is 17.6 Å². The van der Waals surface area contributed by atoms with Gasteiger partial charge in [0.2, 0.25) is 0 Å². The Morgan fingerprint density at radius 1 is 1.13 bits per heavy atom. The first-order chi connectivity index (χ1) is 14.4. The van der Waals surface area contributed by atoms with Crippen molar-refractivity contribution in [3.05, 3.63) is 54.2 Å². The number of nitrogens with zero attached hydrogens (tertiary/aromatic N) is 3. The molecule has 2 aliphatic heterocycles. The molecule has 1 fully saturated rings. The summed E-state index contributed by atoms with van der Waals surface area (Å²) in [5.41, 5.74) is 1.97. The van der Waals surface area contributed by atoms with Gasteiger partial charge < -0.3 is 10.1 Å². The van der Waals surface area contributed by atoms with Crippen molar-refractivity contribution in [2.24, 2.45) is 5.92 Å². The molecule has 8 heteroatoms. The van der Waals surface area contributed by atoms with Crippen LogP contribution in [0.1, 0.15) is 24.9 Å². The van der Waals surface area contributed by atoms with E-state index in [2.05, 4.69) is 22.2 Å². The predicted molar refractivity (Wildman–Crippen MR) is 108 cm³/mol. The number of fused-ring (bicyclic) bond motifs is 2. The molecule has 0 spiro atoms. The molecule has 3 atom stereocenters. The summed E-state index contributed by atoms with van der Waals surface area (Å²) in [5, 5.41) is 7.70. The van der Waals surface area contributed by atoms with E-state index in [0.717, 1.165) is 37.0 Å². The zero-order valence-corrected chi connectivity index (χ0v) is 16.6. The van der Waals surface area contributed by atoms with Crippen LogP contribution >= 0.6 is 0 Å². The molecule has 5 rings (SSSR count). The van der Waals surface area contributed by atoms with Crippen LogP contribution in [-0.2, 0) is 6.30 Å². The lowest BCUT2D eigenvalue weighted by molar-refractivity contribution is -0.211. The topological polar surface area (TPSA) is 42.3 Å². The van der Waals surface area contributed by atoms with Crippen LogP contribution < -0.4 is 10.1 Å². The van der Waals surface area contributed by atoms with E-state index >= 15 is 0 Å². The van der Waals surface area contributed by atoms with Crippen molar-refractivity contribution in [3.8, 4) is 5.75 Å². The number of hydrogen-bond acceptors (Lipinski definition) is 4. The standard InChI is InChI=1S/C22H23F3N4O/c1-14-9-10-28(11-14)19-13-30-20-8-3-2-5-15(20)21(19)26-17-6-4-7-18-16(17)12-29(27-18)22(23,24)25/h2-8,12,14,19,21,26H,9-11,13H2,1H3/t14-,19-,21-/m0/s1. The Hall–Kier alpha value is -2.74. The van der Waals surface area contributed by atoms with Gasteiger partial charge in [0, 0.05) is 29.4 Å². The zero-order chi connectivity index (χ0) is 20.9. The molecule has 3 aromatic rings. The second-order valence-electron chi connectivity index (χ2n) is 8.21. The number of benzene rings is 2. The summed E-state index contributed by atoms with van der Waals surface area (Å²) in [6.45, 7) is 4.77. The zero-order valence-electron chi connectivity index (χ0n) is 16.6. The molecule has 1 saturated heterocycles. The van der Waals surface area contributed by atoms with Gasteiger partial charge in [-0.2, -0.15) is 9.78 Å². The molecule has 30 heavy (non-hydrogen) atoms. The summed E-state index contributed by atoms with van der Waals surface area (Å²) in [5.74, 6) is 1.44. The van der Waals surface area contributed by atoms with Crippen LogP contribution in [0.4, 0.5) is 18.9 Å². The van der Waals surface area contributed by atoms with Crippen LogP contribution in [0.3, 0.4) is 0 Å². The van der Waals surface area contributed by atoms with E-state index in [1.54, 1.807) is 12.1 Å². The molecule has 5 nitrogen and oxygen atoms in total. The third-order valence-corrected chi connectivity index (χ3v) is 6.09. The Morgan fingerprint density at radius 2 is 1.97 bits per heavy atom. The van der Waals surface area contributed by atoms with Crippen LogP contribution in [-0.4, -0.2) is 40.4 Å². The average molecular weight is 416 g/mol. The van der Waals surface area contributed by atoms with Gasteiger partial charge in [0.1, 0.15) is 12.4 Å². The largest absolute Gasteiger partial charge is 0.504 e. The normalized spacial score (nSPS) is 24.6. The summed E-state index contributed by atoms with van der Waals surface area (Å²) in [4.78, 5) is 2.43. The summed E-state index contributed by atoms with van der Waals surface area (Å²) < 4.78 is 45.6. The van der Waals surface area contributed by atoms with Gasteiger partial charge in [0.25, 0.3) is 0 Å². The minimum absolute atomic E-state index is 0.0698. The minimum Gasteiger partial charge on any atom is -0.491 e. The highest BCUT2D eigenvalue weighted by Crippen LogP contribution is 2.39. The van der Waals surface area contributed by atoms with Crippen molar-refractivity contribution in [2.45, 2.75) is 31.7 Å². The van der Waals surface area contributed by atoms with E-state index in [-0.39, 0.29) is 16.8 Å². The van der Waals surface area contributed by atoms with Crippen molar-refractivity contribution in [1.29, 1.82) is 0 Å². The fraction of sp³-hybridized carbons (Fsp3) is 0.409. The highest BCUT2D eigenvalue weighted by atomic mass is 19.4. The lowest BCUT2D eigenvalue weighted by Gasteiger charge is -2.40. The molecule has 0 saturated carbocycles. The number of nitrogens with one attached hydrogen (secondary N) is 1. The van der Waals surface area contributed by atoms with Gasteiger partial charge in [-0.3, -0.25) is 4.90 Å². The van der Waals surface area contributed by atoms with Gasteiger partial charge in [-0.15, -0.1) is 13.2 Å². The number of hydrogen-bond donors (Lipinski definition) is 1. The number of para-hydroxylation sites is 1. The van der Waals surface area contributed by atoms with E-state index in [9.17, 15) is 13.2 Å². The van der Waals surface area contributed by atoms with Crippen molar-refractivity contribution < 1.29 is 17.9 Å². The molecule has 2 aromatic carbocycles. The second kappa shape index (κ2) is 7.19. The van der Waals surface area contributed by atoms with E-state index < -0.39 is 6.30 Å². The second-order valence-corrected chi connectivity index (χ2v) is 8.21. The van der Waals surface area contributed by atoms with Crippen LogP contribution in [0.25, 0.3) is 10.9 Å². The summed E-state index contributed by atoms with van der Waals surface area (Å²) in [6, 6.07) is 13.0. The van der Waals surface area contributed by atoms with Crippen LogP contribution in [0.5, 0.6) is 5.75 Å². The van der Waals surface area contributed by atoms with Gasteiger partial charge in [-0.05, 0) is 37.1 Å². The third kappa shape index (κ3) is 3.39. The lowest BCUT2D eigenvalue weighted by atomic mass is 9.94. The number of ether oxygens (including phenoxy) is 1. The monoisotopic (exact) mass is 416 g/mol. The maximum Gasteiger partial charge on any atom is 0.504 e. The third-order valence-electron chi connectivity index (χ3n) is 6.09. The number of alkyl halides is 3. The fourth-order valence-electron chi connectivity index (χ4n) is 4.57. The van der Waals surface area contributed by atoms with Gasteiger partial charge in [-0.25, -0.2) is 0 Å². The smallest absolute Gasteiger partial charge is 0.491 e. The van der Waals surface area contributed by atoms with Gasteiger partial charge >= 0.3 is 6.30 Å². The van der Waals surface area contributed by atoms with Crippen LogP contribution in [0, 0.1) is 5.92 Å². The molecule has 0 bridgehead atoms. The first-order valence-corrected chi connectivity index (χ1v) is 10.2. The fourth-order valence-corrected chi connectivity index (χ4v) is 4.57. The maximum absolute atomic E-state index is 13.2. The van der Waals surface area contributed by atoms with E-state index in [1.807, 2.05) is 30.3 Å². The molecule has 1 aromatic heterocycles. The maximum atomic E-state index is 13.2. The number of likely N-dealkylation sites (tertiary alicyclic amines) is 1. The van der Waals surface area contributed by atoms with Crippen molar-refractivity contribution in [3.63, 3.8) is 0 Å². The van der Waals surface area contributed by atoms with Crippen molar-refractivity contribution in [2.75, 3.05) is 25.0 Å².